The van der Waals surface area contributed by atoms with E-state index < -0.39 is 8.07 Å². The van der Waals surface area contributed by atoms with Crippen LogP contribution in [0.4, 0.5) is 0 Å². The van der Waals surface area contributed by atoms with Gasteiger partial charge in [0.25, 0.3) is 0 Å². The van der Waals surface area contributed by atoms with E-state index in [1.165, 1.54) is 35.6 Å². The van der Waals surface area contributed by atoms with Crippen LogP contribution in [0.3, 0.4) is 0 Å². The topological polar surface area (TPSA) is 0 Å². The molecule has 30 heavy (non-hydrogen) atoms. The predicted octanol–water partition coefficient (Wildman–Crippen LogP) is -1.74. The van der Waals surface area contributed by atoms with Crippen LogP contribution in [0.15, 0.2) is 20.6 Å². The van der Waals surface area contributed by atoms with E-state index in [-0.39, 0.29) is 42.3 Å². The van der Waals surface area contributed by atoms with Crippen LogP contribution >= 0.6 is 0 Å². The van der Waals surface area contributed by atoms with Crippen molar-refractivity contribution in [3.8, 4) is 0 Å². The molecule has 0 radical (unpaired) electrons. The van der Waals surface area contributed by atoms with Gasteiger partial charge in [-0.1, -0.05) is 0 Å². The monoisotopic (exact) mass is 520 g/mol. The van der Waals surface area contributed by atoms with Crippen molar-refractivity contribution in [2.75, 3.05) is 0 Å². The van der Waals surface area contributed by atoms with Crippen LogP contribution in [0.2, 0.25) is 17.6 Å². The van der Waals surface area contributed by atoms with Gasteiger partial charge >= 0.3 is 182 Å². The molecule has 0 saturated heterocycles. The molecule has 1 aromatic carbocycles. The van der Waals surface area contributed by atoms with Crippen molar-refractivity contribution in [1.29, 1.82) is 0 Å². The van der Waals surface area contributed by atoms with Gasteiger partial charge in [-0.15, -0.1) is 0 Å². The Balaban J connectivity index is 0. The molecule has 0 spiro atoms. The molecule has 0 amide bonds. The van der Waals surface area contributed by atoms with E-state index in [9.17, 15) is 0 Å². The molecule has 0 aliphatic heterocycles. The van der Waals surface area contributed by atoms with Gasteiger partial charge < -0.3 is 37.2 Å². The van der Waals surface area contributed by atoms with Crippen LogP contribution in [0.1, 0.15) is 75.3 Å². The molecule has 0 saturated carbocycles. The molecule has 2 unspecified atom stereocenters. The van der Waals surface area contributed by atoms with Crippen molar-refractivity contribution in [1.82, 2.24) is 0 Å². The van der Waals surface area contributed by atoms with Gasteiger partial charge in [0.15, 0.2) is 0 Å². The summed E-state index contributed by atoms with van der Waals surface area (Å²) in [7, 11) is -1.84. The van der Waals surface area contributed by atoms with Gasteiger partial charge in [0, 0.05) is 0 Å². The maximum Gasteiger partial charge on any atom is -1.00 e. The number of unbranched alkanes of at least 4 members (excludes halogenated alkanes) is 1. The van der Waals surface area contributed by atoms with Crippen molar-refractivity contribution < 1.29 is 57.7 Å². The average Bonchev–Trinajstić information content (AvgIpc) is 2.79. The summed E-state index contributed by atoms with van der Waals surface area (Å²) in [5, 5.41) is 1.97. The summed E-state index contributed by atoms with van der Waals surface area (Å²) >= 11 is 2.42. The zero-order valence-electron chi connectivity index (χ0n) is 20.8. The van der Waals surface area contributed by atoms with Crippen molar-refractivity contribution in [2.24, 2.45) is 0 Å². The Labute approximate surface area is 217 Å². The van der Waals surface area contributed by atoms with E-state index in [0.29, 0.717) is 0 Å². The van der Waals surface area contributed by atoms with Crippen molar-refractivity contribution in [3.63, 3.8) is 0 Å². The predicted molar refractivity (Wildman–Crippen MR) is 121 cm³/mol. The molecule has 1 aliphatic carbocycles. The number of benzene rings is 1. The fourth-order valence-electron chi connectivity index (χ4n) is 5.58. The number of halogens is 3. The van der Waals surface area contributed by atoms with Crippen molar-refractivity contribution in [3.05, 3.63) is 48.4 Å². The summed E-state index contributed by atoms with van der Waals surface area (Å²) < 4.78 is 1.64. The number of hydrogen-bond donors (Lipinski definition) is 0. The Morgan fingerprint density at radius 2 is 1.13 bits per heavy atom. The minimum absolute atomic E-state index is 0. The molecule has 0 N–H and O–H groups in total. The third kappa shape index (κ3) is 4.59. The summed E-state index contributed by atoms with van der Waals surface area (Å²) in [4.78, 5) is 0. The Kier molecular flexibility index (Phi) is 12.6. The fraction of sp³-hybridized carbons (Fsp3) is 0.600. The molecule has 0 bridgehead atoms. The molecule has 0 fully saturated rings. The van der Waals surface area contributed by atoms with Gasteiger partial charge in [-0.25, -0.2) is 0 Å². The molecular weight excluding hydrogens is 483 g/mol. The molecule has 1 aromatic rings. The first-order chi connectivity index (χ1) is 12.4. The van der Waals surface area contributed by atoms with E-state index in [2.05, 4.69) is 96.2 Å². The third-order valence-corrected chi connectivity index (χ3v) is 16.2. The summed E-state index contributed by atoms with van der Waals surface area (Å²) in [5.74, 6) is 0. The van der Waals surface area contributed by atoms with E-state index in [1.807, 2.05) is 0 Å². The van der Waals surface area contributed by atoms with Crippen LogP contribution in [0.25, 0.3) is 0 Å². The Bertz CT molecular complexity index is 801. The van der Waals surface area contributed by atoms with Gasteiger partial charge in [0.1, 0.15) is 0 Å². The van der Waals surface area contributed by atoms with E-state index in [1.54, 1.807) is 36.9 Å². The molecular formula is C25H39Cl3SiTi. The first-order valence-electron chi connectivity index (χ1n) is 10.6. The fourth-order valence-corrected chi connectivity index (χ4v) is 13.6. The third-order valence-electron chi connectivity index (χ3n) is 8.44. The van der Waals surface area contributed by atoms with Crippen LogP contribution in [-0.4, -0.2) is 8.07 Å². The minimum atomic E-state index is -1.84. The van der Waals surface area contributed by atoms with Gasteiger partial charge in [-0.3, -0.25) is 0 Å². The maximum atomic E-state index is 2.70. The molecule has 2 rings (SSSR count). The van der Waals surface area contributed by atoms with E-state index in [4.69, 9.17) is 0 Å². The number of hydrogen-bond acceptors (Lipinski definition) is 0. The normalized spacial score (nSPS) is 20.4. The molecule has 2 atom stereocenters. The van der Waals surface area contributed by atoms with Gasteiger partial charge in [0.05, 0.1) is 0 Å². The molecule has 0 aromatic heterocycles. The summed E-state index contributed by atoms with van der Waals surface area (Å²) in [5.41, 5.74) is 12.4. The minimum Gasteiger partial charge on any atom is -1.00 e. The zero-order chi connectivity index (χ0) is 20.9. The number of allylic oxidation sites excluding steroid dienone is 4. The van der Waals surface area contributed by atoms with Crippen molar-refractivity contribution >= 4 is 13.3 Å². The molecule has 1 aliphatic rings. The van der Waals surface area contributed by atoms with Crippen LogP contribution < -0.4 is 42.4 Å². The first-order valence-corrected chi connectivity index (χ1v) is 14.0. The standard InChI is InChI=1S/C25H39Si.3ClH.Ti/c1-12-13-14-26(11,25(10)15-16(2)17(3)23(25)9)24-21(7)19(5)18(4)20(6)22(24)8;;;;/h12-14H2,1-11H3;3*1H;/q;;;;+3/p-3. The Morgan fingerprint density at radius 1 is 0.733 bits per heavy atom. The van der Waals surface area contributed by atoms with E-state index >= 15 is 0 Å². The second-order valence-electron chi connectivity index (χ2n) is 9.31. The number of rotatable bonds is 5. The smallest absolute Gasteiger partial charge is 1.00 e. The second-order valence-corrected chi connectivity index (χ2v) is 14.8. The van der Waals surface area contributed by atoms with Crippen LogP contribution in [-0.2, 0) is 20.4 Å². The first kappa shape index (κ1) is 32.7. The quantitative estimate of drug-likeness (QED) is 0.404. The summed E-state index contributed by atoms with van der Waals surface area (Å²) in [6, 6.07) is 1.37. The molecule has 0 heterocycles. The molecule has 168 valence electrons. The van der Waals surface area contributed by atoms with Crippen LogP contribution in [0.5, 0.6) is 0 Å². The SMILES string of the molecule is CCCC[Si](C)(c1c(C)c(C)c(C)c(C)c1C)C1(C)C(C)=C(C)C(C)=[C]1[Ti+3].[Cl-].[Cl-].[Cl-]. The van der Waals surface area contributed by atoms with Crippen LogP contribution in [0, 0.1) is 34.6 Å². The average molecular weight is 522 g/mol. The molecule has 0 nitrogen and oxygen atoms in total. The Hall–Kier alpha value is 0.501. The Morgan fingerprint density at radius 3 is 1.47 bits per heavy atom. The summed E-state index contributed by atoms with van der Waals surface area (Å²) in [6.07, 6.45) is 2.62. The van der Waals surface area contributed by atoms with Gasteiger partial charge in [0.2, 0.25) is 0 Å². The second kappa shape index (κ2) is 11.6. The largest absolute Gasteiger partial charge is 1.00 e. The van der Waals surface area contributed by atoms with Gasteiger partial charge in [-0.05, 0) is 0 Å². The van der Waals surface area contributed by atoms with Crippen molar-refractivity contribution in [2.45, 2.75) is 99.7 Å². The molecule has 5 heteroatoms. The zero-order valence-corrected chi connectivity index (χ0v) is 25.6. The summed E-state index contributed by atoms with van der Waals surface area (Å²) in [6.45, 7) is 26.5. The van der Waals surface area contributed by atoms with E-state index in [0.717, 1.165) is 0 Å². The van der Waals surface area contributed by atoms with Gasteiger partial charge in [-0.2, -0.15) is 0 Å². The maximum absolute atomic E-state index is 2.70.